The van der Waals surface area contributed by atoms with E-state index in [1.54, 1.807) is 21.9 Å². The van der Waals surface area contributed by atoms with Gasteiger partial charge in [-0.3, -0.25) is 9.59 Å². The normalized spacial score (nSPS) is 17.2. The zero-order valence-electron chi connectivity index (χ0n) is 29.2. The van der Waals surface area contributed by atoms with Crippen molar-refractivity contribution < 1.29 is 32.3 Å². The summed E-state index contributed by atoms with van der Waals surface area (Å²) in [5.74, 6) is -0.361. The third kappa shape index (κ3) is 9.96. The number of ether oxygens (including phenoxy) is 2. The minimum Gasteiger partial charge on any atom is -0.445 e. The second-order valence-corrected chi connectivity index (χ2v) is 15.2. The number of nitrogens with zero attached hydrogens (tertiary/aromatic N) is 2. The molecule has 274 valence electrons. The molecule has 12 heteroatoms. The predicted octanol–water partition coefficient (Wildman–Crippen LogP) is 5.25. The molecule has 0 aromatic heterocycles. The molecule has 11 nitrogen and oxygen atoms in total. The van der Waals surface area contributed by atoms with Crippen molar-refractivity contribution in [1.82, 2.24) is 19.8 Å². The maximum atomic E-state index is 14.1. The maximum absolute atomic E-state index is 14.1. The first-order chi connectivity index (χ1) is 25.2. The first kappa shape index (κ1) is 37.0. The van der Waals surface area contributed by atoms with Crippen LogP contribution in [0.15, 0.2) is 108 Å². The fraction of sp³-hybridized carbons (Fsp3) is 0.375. The van der Waals surface area contributed by atoms with Gasteiger partial charge in [0.05, 0.1) is 18.1 Å². The van der Waals surface area contributed by atoms with Gasteiger partial charge >= 0.3 is 6.09 Å². The third-order valence-electron chi connectivity index (χ3n) is 9.77. The Kier molecular flexibility index (Phi) is 12.5. The number of piperidine rings is 1. The second-order valence-electron chi connectivity index (χ2n) is 13.5. The highest BCUT2D eigenvalue weighted by atomic mass is 32.2. The summed E-state index contributed by atoms with van der Waals surface area (Å²) in [7, 11) is -4.09. The monoisotopic (exact) mass is 726 g/mol. The third-order valence-corrected chi connectivity index (χ3v) is 11.2. The summed E-state index contributed by atoms with van der Waals surface area (Å²) in [6, 6.07) is 29.9. The van der Waals surface area contributed by atoms with Crippen LogP contribution in [0.2, 0.25) is 0 Å². The van der Waals surface area contributed by atoms with Crippen LogP contribution >= 0.6 is 0 Å². The lowest BCUT2D eigenvalue weighted by Crippen LogP contribution is -2.53. The van der Waals surface area contributed by atoms with Crippen molar-refractivity contribution in [2.45, 2.75) is 62.3 Å². The van der Waals surface area contributed by atoms with Crippen LogP contribution in [0.5, 0.6) is 0 Å². The van der Waals surface area contributed by atoms with Gasteiger partial charge in [0.15, 0.2) is 0 Å². The Balaban J connectivity index is 1.02. The molecule has 0 radical (unpaired) electrons. The summed E-state index contributed by atoms with van der Waals surface area (Å²) in [5.41, 5.74) is 1.83. The lowest BCUT2D eigenvalue weighted by Gasteiger charge is -2.31. The zero-order chi connectivity index (χ0) is 36.3. The number of carbonyl (C=O) groups is 3. The standard InChI is InChI=1S/C40H46N4O7S/c45-38(24-30-19-22-43(23-20-30)40(47)51-28-32-12-5-2-6-13-32)41-26-35-16-9-21-44(35)39(46)37(29-50-27-31-10-3-1-4-11-31)42-52(48,49)36-18-17-33-14-7-8-15-34(33)25-36/h1-8,10-15,17-18,25,30,35,37,42H,9,16,19-24,26-29H2,(H,41,45)/t35-,37-/m0/s1. The first-order valence-corrected chi connectivity index (χ1v) is 19.4. The SMILES string of the molecule is O=C(CC1CCN(C(=O)OCc2ccccc2)CC1)NC[C@@H]1CCCN1C(=O)[C@H](COCc1ccccc1)NS(=O)(=O)c1ccc2ccccc2c1. The number of sulfonamides is 1. The van der Waals surface area contributed by atoms with Gasteiger partial charge in [0.25, 0.3) is 0 Å². The van der Waals surface area contributed by atoms with Gasteiger partial charge in [0.2, 0.25) is 21.8 Å². The fourth-order valence-corrected chi connectivity index (χ4v) is 8.06. The summed E-state index contributed by atoms with van der Waals surface area (Å²) in [4.78, 5) is 43.1. The van der Waals surface area contributed by atoms with E-state index in [9.17, 15) is 22.8 Å². The van der Waals surface area contributed by atoms with Crippen LogP contribution in [-0.2, 0) is 42.3 Å². The Hall–Kier alpha value is -4.78. The number of likely N-dealkylation sites (tertiary alicyclic amines) is 2. The molecule has 2 fully saturated rings. The highest BCUT2D eigenvalue weighted by molar-refractivity contribution is 7.89. The van der Waals surface area contributed by atoms with E-state index < -0.39 is 16.1 Å². The molecule has 0 spiro atoms. The van der Waals surface area contributed by atoms with Gasteiger partial charge in [-0.1, -0.05) is 91.0 Å². The van der Waals surface area contributed by atoms with Gasteiger partial charge in [-0.05, 0) is 65.6 Å². The fourth-order valence-electron chi connectivity index (χ4n) is 6.85. The van der Waals surface area contributed by atoms with Crippen molar-refractivity contribution in [3.63, 3.8) is 0 Å². The smallest absolute Gasteiger partial charge is 0.410 e. The van der Waals surface area contributed by atoms with Crippen LogP contribution in [0.25, 0.3) is 10.8 Å². The minimum absolute atomic E-state index is 0.0622. The molecule has 2 N–H and O–H groups in total. The van der Waals surface area contributed by atoms with Crippen molar-refractivity contribution in [3.05, 3.63) is 114 Å². The van der Waals surface area contributed by atoms with Crippen molar-refractivity contribution >= 4 is 38.7 Å². The Morgan fingerprint density at radius 2 is 1.42 bits per heavy atom. The van der Waals surface area contributed by atoms with Gasteiger partial charge in [-0.2, -0.15) is 4.72 Å². The van der Waals surface area contributed by atoms with Crippen LogP contribution < -0.4 is 10.0 Å². The molecule has 2 saturated heterocycles. The summed E-state index contributed by atoms with van der Waals surface area (Å²) >= 11 is 0. The van der Waals surface area contributed by atoms with E-state index in [0.717, 1.165) is 28.3 Å². The summed E-state index contributed by atoms with van der Waals surface area (Å²) < 4.78 is 41.3. The van der Waals surface area contributed by atoms with E-state index in [1.807, 2.05) is 84.9 Å². The number of fused-ring (bicyclic) bond motifs is 1. The Labute approximate surface area is 305 Å². The largest absolute Gasteiger partial charge is 0.445 e. The van der Waals surface area contributed by atoms with Crippen LogP contribution in [0.3, 0.4) is 0 Å². The molecule has 0 aliphatic carbocycles. The molecule has 0 saturated carbocycles. The highest BCUT2D eigenvalue weighted by Gasteiger charge is 2.36. The molecule has 52 heavy (non-hydrogen) atoms. The number of carbonyl (C=O) groups excluding carboxylic acids is 3. The average molecular weight is 727 g/mol. The number of rotatable bonds is 14. The molecule has 3 amide bonds. The van der Waals surface area contributed by atoms with Crippen molar-refractivity contribution in [3.8, 4) is 0 Å². The van der Waals surface area contributed by atoms with Crippen LogP contribution in [-0.4, -0.2) is 81.0 Å². The summed E-state index contributed by atoms with van der Waals surface area (Å²) in [5, 5.41) is 4.70. The molecule has 2 heterocycles. The topological polar surface area (TPSA) is 134 Å². The second kappa shape index (κ2) is 17.6. The van der Waals surface area contributed by atoms with Crippen LogP contribution in [0, 0.1) is 5.92 Å². The van der Waals surface area contributed by atoms with Crippen molar-refractivity contribution in [2.24, 2.45) is 5.92 Å². The van der Waals surface area contributed by atoms with Gasteiger partial charge in [-0.25, -0.2) is 13.2 Å². The molecular weight excluding hydrogens is 681 g/mol. The summed E-state index contributed by atoms with van der Waals surface area (Å²) in [6.07, 6.45) is 2.80. The molecule has 0 unspecified atom stereocenters. The maximum Gasteiger partial charge on any atom is 0.410 e. The predicted molar refractivity (Wildman–Crippen MR) is 197 cm³/mol. The summed E-state index contributed by atoms with van der Waals surface area (Å²) in [6.45, 7) is 2.05. The zero-order valence-corrected chi connectivity index (χ0v) is 30.0. The molecule has 2 atom stereocenters. The number of amides is 3. The quantitative estimate of drug-likeness (QED) is 0.181. The van der Waals surface area contributed by atoms with E-state index in [4.69, 9.17) is 9.47 Å². The Morgan fingerprint density at radius 1 is 0.769 bits per heavy atom. The molecule has 0 bridgehead atoms. The molecule has 4 aromatic rings. The Morgan fingerprint density at radius 3 is 2.13 bits per heavy atom. The van der Waals surface area contributed by atoms with Crippen LogP contribution in [0.4, 0.5) is 4.79 Å². The number of hydrogen-bond acceptors (Lipinski definition) is 7. The molecule has 4 aromatic carbocycles. The van der Waals surface area contributed by atoms with Gasteiger partial charge < -0.3 is 24.6 Å². The van der Waals surface area contributed by atoms with E-state index in [-0.39, 0.29) is 61.1 Å². The molecular formula is C40H46N4O7S. The highest BCUT2D eigenvalue weighted by Crippen LogP contribution is 2.24. The van der Waals surface area contributed by atoms with Gasteiger partial charge in [0.1, 0.15) is 12.6 Å². The van der Waals surface area contributed by atoms with E-state index in [2.05, 4.69) is 10.0 Å². The van der Waals surface area contributed by atoms with Crippen LogP contribution in [0.1, 0.15) is 43.2 Å². The molecule has 2 aliphatic rings. The molecule has 2 aliphatic heterocycles. The van der Waals surface area contributed by atoms with E-state index in [1.165, 1.54) is 6.07 Å². The van der Waals surface area contributed by atoms with Gasteiger partial charge in [-0.15, -0.1) is 0 Å². The first-order valence-electron chi connectivity index (χ1n) is 17.9. The lowest BCUT2D eigenvalue weighted by atomic mass is 9.93. The number of benzene rings is 4. The minimum atomic E-state index is -4.09. The number of hydrogen-bond donors (Lipinski definition) is 2. The lowest BCUT2D eigenvalue weighted by molar-refractivity contribution is -0.136. The van der Waals surface area contributed by atoms with Gasteiger partial charge in [0, 0.05) is 38.6 Å². The average Bonchev–Trinajstić information content (AvgIpc) is 3.65. The Bertz CT molecular complexity index is 1920. The van der Waals surface area contributed by atoms with E-state index in [0.29, 0.717) is 45.3 Å². The van der Waals surface area contributed by atoms with Crippen molar-refractivity contribution in [2.75, 3.05) is 32.8 Å². The molecule has 6 rings (SSSR count). The van der Waals surface area contributed by atoms with E-state index >= 15 is 0 Å². The van der Waals surface area contributed by atoms with Crippen molar-refractivity contribution in [1.29, 1.82) is 0 Å². The number of nitrogens with one attached hydrogen (secondary N) is 2.